The first-order valence-corrected chi connectivity index (χ1v) is 8.56. The average molecular weight is 313 g/mol. The molecule has 1 aromatic carbocycles. The lowest BCUT2D eigenvalue weighted by Crippen LogP contribution is -2.39. The second-order valence-corrected chi connectivity index (χ2v) is 6.91. The van der Waals surface area contributed by atoms with Crippen LogP contribution >= 0.6 is 23.4 Å². The average Bonchev–Trinajstić information content (AvgIpc) is 2.91. The Morgan fingerprint density at radius 2 is 2.05 bits per heavy atom. The minimum Gasteiger partial charge on any atom is -0.324 e. The molecule has 0 unspecified atom stereocenters. The van der Waals surface area contributed by atoms with Crippen molar-refractivity contribution in [1.29, 1.82) is 0 Å². The van der Waals surface area contributed by atoms with Crippen LogP contribution in [0.5, 0.6) is 0 Å². The van der Waals surface area contributed by atoms with E-state index in [0.29, 0.717) is 22.0 Å². The van der Waals surface area contributed by atoms with E-state index in [-0.39, 0.29) is 5.91 Å². The van der Waals surface area contributed by atoms with Crippen molar-refractivity contribution < 1.29 is 4.79 Å². The third kappa shape index (κ3) is 4.14. The summed E-state index contributed by atoms with van der Waals surface area (Å²) in [5.41, 5.74) is 0.668. The van der Waals surface area contributed by atoms with Crippen molar-refractivity contribution in [3.05, 3.63) is 29.3 Å². The number of nitrogens with one attached hydrogen (secondary N) is 2. The van der Waals surface area contributed by atoms with Gasteiger partial charge in [-0.1, -0.05) is 36.6 Å². The number of benzene rings is 1. The Hall–Kier alpha value is -0.710. The maximum atomic E-state index is 11.9. The number of hydrogen-bond donors (Lipinski definition) is 2. The molecule has 2 rings (SSSR count). The first-order chi connectivity index (χ1) is 9.65. The third-order valence-corrected chi connectivity index (χ3v) is 5.58. The number of thioether (sulfide) groups is 1. The van der Waals surface area contributed by atoms with Crippen molar-refractivity contribution in [3.8, 4) is 0 Å². The van der Waals surface area contributed by atoms with Crippen LogP contribution in [0.25, 0.3) is 0 Å². The molecule has 20 heavy (non-hydrogen) atoms. The van der Waals surface area contributed by atoms with Crippen LogP contribution in [0, 0.1) is 0 Å². The summed E-state index contributed by atoms with van der Waals surface area (Å²) in [4.78, 5) is 11.9. The minimum atomic E-state index is -0.0488. The summed E-state index contributed by atoms with van der Waals surface area (Å²) in [5.74, 6) is -0.0488. The molecule has 0 bridgehead atoms. The highest BCUT2D eigenvalue weighted by Gasteiger charge is 2.32. The van der Waals surface area contributed by atoms with Gasteiger partial charge in [-0.25, -0.2) is 0 Å². The predicted octanol–water partition coefficient (Wildman–Crippen LogP) is 3.54. The van der Waals surface area contributed by atoms with Crippen molar-refractivity contribution in [2.45, 2.75) is 30.4 Å². The van der Waals surface area contributed by atoms with E-state index in [2.05, 4.69) is 16.9 Å². The quantitative estimate of drug-likeness (QED) is 0.844. The summed E-state index contributed by atoms with van der Waals surface area (Å²) >= 11 is 7.93. The molecular weight excluding hydrogens is 292 g/mol. The number of rotatable bonds is 6. The van der Waals surface area contributed by atoms with E-state index >= 15 is 0 Å². The number of amides is 1. The molecule has 3 nitrogen and oxygen atoms in total. The van der Waals surface area contributed by atoms with Crippen LogP contribution < -0.4 is 10.6 Å². The molecule has 110 valence electrons. The number of para-hydroxylation sites is 1. The Bertz CT molecular complexity index is 461. The molecule has 1 aliphatic carbocycles. The Labute approximate surface area is 129 Å². The zero-order valence-electron chi connectivity index (χ0n) is 11.7. The van der Waals surface area contributed by atoms with Gasteiger partial charge in [0.25, 0.3) is 0 Å². The molecular formula is C15H21ClN2OS. The maximum absolute atomic E-state index is 11.9. The second kappa shape index (κ2) is 7.34. The van der Waals surface area contributed by atoms with Gasteiger partial charge in [0.2, 0.25) is 5.91 Å². The van der Waals surface area contributed by atoms with Crippen LogP contribution in [0.2, 0.25) is 5.02 Å². The molecule has 1 saturated carbocycles. The molecule has 1 fully saturated rings. The predicted molar refractivity (Wildman–Crippen MR) is 87.7 cm³/mol. The summed E-state index contributed by atoms with van der Waals surface area (Å²) in [6.07, 6.45) is 7.25. The van der Waals surface area contributed by atoms with Crippen LogP contribution in [0.4, 0.5) is 5.69 Å². The maximum Gasteiger partial charge on any atom is 0.238 e. The van der Waals surface area contributed by atoms with Crippen LogP contribution in [0.3, 0.4) is 0 Å². The van der Waals surface area contributed by atoms with Gasteiger partial charge in [0.1, 0.15) is 0 Å². The molecule has 1 amide bonds. The first kappa shape index (κ1) is 15.7. The fourth-order valence-electron chi connectivity index (χ4n) is 2.63. The fourth-order valence-corrected chi connectivity index (χ4v) is 3.76. The summed E-state index contributed by atoms with van der Waals surface area (Å²) < 4.78 is 0.324. The number of carbonyl (C=O) groups is 1. The molecule has 0 atom stereocenters. The second-order valence-electron chi connectivity index (χ2n) is 5.23. The molecule has 5 heteroatoms. The van der Waals surface area contributed by atoms with Crippen molar-refractivity contribution >= 4 is 35.0 Å². The van der Waals surface area contributed by atoms with E-state index in [9.17, 15) is 4.79 Å². The molecule has 0 heterocycles. The Morgan fingerprint density at radius 1 is 1.35 bits per heavy atom. The lowest BCUT2D eigenvalue weighted by Gasteiger charge is -2.26. The summed E-state index contributed by atoms with van der Waals surface area (Å²) in [6, 6.07) is 7.28. The van der Waals surface area contributed by atoms with E-state index in [4.69, 9.17) is 11.6 Å². The molecule has 0 aromatic heterocycles. The zero-order valence-corrected chi connectivity index (χ0v) is 13.3. The number of anilines is 1. The highest BCUT2D eigenvalue weighted by atomic mass is 35.5. The lowest BCUT2D eigenvalue weighted by molar-refractivity contribution is -0.115. The van der Waals surface area contributed by atoms with Gasteiger partial charge in [-0.15, -0.1) is 0 Å². The largest absolute Gasteiger partial charge is 0.324 e. The van der Waals surface area contributed by atoms with Gasteiger partial charge in [-0.3, -0.25) is 4.79 Å². The van der Waals surface area contributed by atoms with Gasteiger partial charge >= 0.3 is 0 Å². The molecule has 1 aromatic rings. The van der Waals surface area contributed by atoms with Crippen molar-refractivity contribution in [2.24, 2.45) is 0 Å². The van der Waals surface area contributed by atoms with Crippen LogP contribution in [0.1, 0.15) is 25.7 Å². The Kier molecular flexibility index (Phi) is 5.75. The SMILES string of the molecule is CSC1(CNCC(=O)Nc2ccccc2Cl)CCCC1. The van der Waals surface area contributed by atoms with Crippen LogP contribution in [-0.4, -0.2) is 30.0 Å². The summed E-state index contributed by atoms with van der Waals surface area (Å²) in [5, 5.41) is 6.68. The van der Waals surface area contributed by atoms with E-state index in [0.717, 1.165) is 6.54 Å². The number of halogens is 1. The summed E-state index contributed by atoms with van der Waals surface area (Å²) in [7, 11) is 0. The van der Waals surface area contributed by atoms with Crippen molar-refractivity contribution in [1.82, 2.24) is 5.32 Å². The third-order valence-electron chi connectivity index (χ3n) is 3.83. The van der Waals surface area contributed by atoms with Gasteiger partial charge in [0.05, 0.1) is 17.3 Å². The number of carbonyl (C=O) groups excluding carboxylic acids is 1. The highest BCUT2D eigenvalue weighted by molar-refractivity contribution is 8.00. The topological polar surface area (TPSA) is 41.1 Å². The normalized spacial score (nSPS) is 17.1. The smallest absolute Gasteiger partial charge is 0.238 e. The minimum absolute atomic E-state index is 0.0488. The van der Waals surface area contributed by atoms with Gasteiger partial charge in [-0.2, -0.15) is 11.8 Å². The summed E-state index contributed by atoms with van der Waals surface area (Å²) in [6.45, 7) is 1.22. The van der Waals surface area contributed by atoms with Crippen LogP contribution in [0.15, 0.2) is 24.3 Å². The molecule has 0 aliphatic heterocycles. The standard InChI is InChI=1S/C15H21ClN2OS/c1-20-15(8-4-5-9-15)11-17-10-14(19)18-13-7-3-2-6-12(13)16/h2-3,6-7,17H,4-5,8-11H2,1H3,(H,18,19). The van der Waals surface area contributed by atoms with Crippen LogP contribution in [-0.2, 0) is 4.79 Å². The number of hydrogen-bond acceptors (Lipinski definition) is 3. The van der Waals surface area contributed by atoms with Gasteiger partial charge in [0.15, 0.2) is 0 Å². The van der Waals surface area contributed by atoms with E-state index in [1.165, 1.54) is 25.7 Å². The monoisotopic (exact) mass is 312 g/mol. The van der Waals surface area contributed by atoms with Crippen molar-refractivity contribution in [2.75, 3.05) is 24.7 Å². The molecule has 0 spiro atoms. The van der Waals surface area contributed by atoms with Gasteiger partial charge < -0.3 is 10.6 Å². The fraction of sp³-hybridized carbons (Fsp3) is 0.533. The highest BCUT2D eigenvalue weighted by Crippen LogP contribution is 2.39. The van der Waals surface area contributed by atoms with Gasteiger partial charge in [0, 0.05) is 11.3 Å². The first-order valence-electron chi connectivity index (χ1n) is 6.95. The molecule has 0 saturated heterocycles. The Morgan fingerprint density at radius 3 is 2.70 bits per heavy atom. The zero-order chi connectivity index (χ0) is 14.4. The lowest BCUT2D eigenvalue weighted by atomic mass is 10.1. The van der Waals surface area contributed by atoms with E-state index < -0.39 is 0 Å². The van der Waals surface area contributed by atoms with E-state index in [1.807, 2.05) is 23.9 Å². The molecule has 2 N–H and O–H groups in total. The van der Waals surface area contributed by atoms with Crippen molar-refractivity contribution in [3.63, 3.8) is 0 Å². The van der Waals surface area contributed by atoms with E-state index in [1.54, 1.807) is 12.1 Å². The van der Waals surface area contributed by atoms with Gasteiger partial charge in [-0.05, 0) is 31.2 Å². The Balaban J connectivity index is 1.77. The molecule has 1 aliphatic rings. The molecule has 0 radical (unpaired) electrons.